The van der Waals surface area contributed by atoms with Crippen LogP contribution in [0.1, 0.15) is 26.2 Å². The Morgan fingerprint density at radius 3 is 2.38 bits per heavy atom. The zero-order chi connectivity index (χ0) is 16.3. The van der Waals surface area contributed by atoms with E-state index in [4.69, 9.17) is 14.2 Å². The van der Waals surface area contributed by atoms with Crippen molar-refractivity contribution in [3.8, 4) is 0 Å². The summed E-state index contributed by atoms with van der Waals surface area (Å²) >= 11 is 0. The van der Waals surface area contributed by atoms with E-state index in [1.54, 1.807) is 6.92 Å². The number of amides is 1. The molecule has 0 heterocycles. The molecule has 0 bridgehead atoms. The molecule has 2 unspecified atom stereocenters. The molecule has 0 aromatic heterocycles. The zero-order valence-electron chi connectivity index (χ0n) is 12.8. The number of carbonyl (C=O) groups excluding carboxylic acids is 2. The van der Waals surface area contributed by atoms with Crippen LogP contribution in [0.4, 0.5) is 0 Å². The molecule has 0 spiro atoms. The Bertz CT molecular complexity index is 309. The van der Waals surface area contributed by atoms with Gasteiger partial charge in [0, 0.05) is 27.0 Å². The molecule has 1 amide bonds. The number of hydrogen-bond donors (Lipinski definition) is 3. The van der Waals surface area contributed by atoms with Crippen molar-refractivity contribution in [2.24, 2.45) is 0 Å². The van der Waals surface area contributed by atoms with E-state index in [1.165, 1.54) is 14.2 Å². The third-order valence-corrected chi connectivity index (χ3v) is 3.00. The fraction of sp³-hybridized carbons (Fsp3) is 0.846. The van der Waals surface area contributed by atoms with E-state index < -0.39 is 24.5 Å². The summed E-state index contributed by atoms with van der Waals surface area (Å²) in [4.78, 5) is 22.4. The van der Waals surface area contributed by atoms with Crippen molar-refractivity contribution in [2.45, 2.75) is 38.1 Å². The van der Waals surface area contributed by atoms with Gasteiger partial charge in [-0.05, 0) is 0 Å². The predicted octanol–water partition coefficient (Wildman–Crippen LogP) is -0.822. The minimum absolute atomic E-state index is 0.0353. The van der Waals surface area contributed by atoms with Crippen LogP contribution in [0.25, 0.3) is 0 Å². The van der Waals surface area contributed by atoms with Crippen LogP contribution in [0.3, 0.4) is 0 Å². The minimum atomic E-state index is -1.23. The summed E-state index contributed by atoms with van der Waals surface area (Å²) in [5, 5.41) is 20.9. The first kappa shape index (κ1) is 19.8. The number of carbonyl (C=O) groups is 2. The second-order valence-electron chi connectivity index (χ2n) is 4.41. The Balaban J connectivity index is 4.26. The lowest BCUT2D eigenvalue weighted by Crippen LogP contribution is -2.44. The standard InChI is InChI=1S/C13H25NO7/c1-4-13(9-16,19-3)21-10(7-15)8-20-12(18)6-5-11(17)14-2/h10,15-16H,4-9H2,1-3H3,(H,14,17). The summed E-state index contributed by atoms with van der Waals surface area (Å²) in [5.41, 5.74) is 0. The van der Waals surface area contributed by atoms with Crippen LogP contribution in [-0.4, -0.2) is 68.0 Å². The van der Waals surface area contributed by atoms with Gasteiger partial charge in [0.2, 0.25) is 5.91 Å². The van der Waals surface area contributed by atoms with E-state index in [-0.39, 0.29) is 32.0 Å². The van der Waals surface area contributed by atoms with Gasteiger partial charge >= 0.3 is 5.97 Å². The normalized spacial score (nSPS) is 15.1. The highest BCUT2D eigenvalue weighted by atomic mass is 16.7. The summed E-state index contributed by atoms with van der Waals surface area (Å²) in [6.07, 6.45) is -0.476. The second kappa shape index (κ2) is 10.5. The van der Waals surface area contributed by atoms with Crippen LogP contribution in [-0.2, 0) is 23.8 Å². The fourth-order valence-electron chi connectivity index (χ4n) is 1.52. The monoisotopic (exact) mass is 307 g/mol. The summed E-state index contributed by atoms with van der Waals surface area (Å²) < 4.78 is 15.5. The fourth-order valence-corrected chi connectivity index (χ4v) is 1.52. The van der Waals surface area contributed by atoms with E-state index in [0.29, 0.717) is 6.42 Å². The van der Waals surface area contributed by atoms with Gasteiger partial charge < -0.3 is 29.7 Å². The minimum Gasteiger partial charge on any atom is -0.463 e. The lowest BCUT2D eigenvalue weighted by atomic mass is 10.2. The molecule has 8 heteroatoms. The van der Waals surface area contributed by atoms with Crippen LogP contribution < -0.4 is 5.32 Å². The third kappa shape index (κ3) is 7.37. The SMILES string of the molecule is CCC(CO)(OC)OC(CO)COC(=O)CCC(=O)NC. The largest absolute Gasteiger partial charge is 0.463 e. The van der Waals surface area contributed by atoms with Crippen LogP contribution in [0.5, 0.6) is 0 Å². The van der Waals surface area contributed by atoms with Crippen LogP contribution in [0.2, 0.25) is 0 Å². The highest BCUT2D eigenvalue weighted by molar-refractivity contribution is 5.80. The molecule has 0 radical (unpaired) electrons. The Morgan fingerprint density at radius 2 is 1.95 bits per heavy atom. The number of aliphatic hydroxyl groups is 2. The molecular formula is C13H25NO7. The number of ether oxygens (including phenoxy) is 3. The Kier molecular flexibility index (Phi) is 9.89. The molecule has 0 aromatic rings. The van der Waals surface area contributed by atoms with Crippen LogP contribution in [0, 0.1) is 0 Å². The summed E-state index contributed by atoms with van der Waals surface area (Å²) in [7, 11) is 2.86. The molecule has 0 aliphatic carbocycles. The third-order valence-electron chi connectivity index (χ3n) is 3.00. The molecule has 0 aliphatic rings. The summed E-state index contributed by atoms with van der Waals surface area (Å²) in [5.74, 6) is -2.06. The van der Waals surface area contributed by atoms with Crippen molar-refractivity contribution < 1.29 is 34.0 Å². The number of esters is 1. The quantitative estimate of drug-likeness (QED) is 0.337. The highest BCUT2D eigenvalue weighted by Crippen LogP contribution is 2.18. The van der Waals surface area contributed by atoms with E-state index in [1.807, 2.05) is 0 Å². The van der Waals surface area contributed by atoms with Crippen molar-refractivity contribution in [2.75, 3.05) is 34.0 Å². The molecule has 0 aromatic carbocycles. The van der Waals surface area contributed by atoms with Gasteiger partial charge in [-0.3, -0.25) is 9.59 Å². The number of hydrogen-bond acceptors (Lipinski definition) is 7. The molecule has 8 nitrogen and oxygen atoms in total. The zero-order valence-corrected chi connectivity index (χ0v) is 12.8. The van der Waals surface area contributed by atoms with Gasteiger partial charge in [0.25, 0.3) is 0 Å². The first-order valence-electron chi connectivity index (χ1n) is 6.77. The maximum absolute atomic E-state index is 11.4. The van der Waals surface area contributed by atoms with Crippen LogP contribution >= 0.6 is 0 Å². The van der Waals surface area contributed by atoms with Gasteiger partial charge in [-0.1, -0.05) is 6.92 Å². The first-order chi connectivity index (χ1) is 9.96. The maximum atomic E-state index is 11.4. The van der Waals surface area contributed by atoms with Gasteiger partial charge in [-0.2, -0.15) is 0 Å². The van der Waals surface area contributed by atoms with Crippen molar-refractivity contribution in [3.63, 3.8) is 0 Å². The molecule has 3 N–H and O–H groups in total. The molecule has 0 saturated heterocycles. The lowest BCUT2D eigenvalue weighted by Gasteiger charge is -2.32. The first-order valence-corrected chi connectivity index (χ1v) is 6.77. The Labute approximate surface area is 124 Å². The van der Waals surface area contributed by atoms with Gasteiger partial charge in [-0.15, -0.1) is 0 Å². The van der Waals surface area contributed by atoms with E-state index in [0.717, 1.165) is 0 Å². The van der Waals surface area contributed by atoms with Gasteiger partial charge in [0.05, 0.1) is 19.6 Å². The molecule has 0 saturated carbocycles. The van der Waals surface area contributed by atoms with Crippen molar-refractivity contribution >= 4 is 11.9 Å². The highest BCUT2D eigenvalue weighted by Gasteiger charge is 2.31. The number of nitrogens with one attached hydrogen (secondary N) is 1. The molecule has 0 rings (SSSR count). The smallest absolute Gasteiger partial charge is 0.306 e. The van der Waals surface area contributed by atoms with Gasteiger partial charge in [0.1, 0.15) is 12.7 Å². The average Bonchev–Trinajstić information content (AvgIpc) is 2.53. The maximum Gasteiger partial charge on any atom is 0.306 e. The van der Waals surface area contributed by atoms with Gasteiger partial charge in [-0.25, -0.2) is 0 Å². The summed E-state index contributed by atoms with van der Waals surface area (Å²) in [6.45, 7) is 0.784. The van der Waals surface area contributed by atoms with Crippen molar-refractivity contribution in [1.29, 1.82) is 0 Å². The van der Waals surface area contributed by atoms with E-state index in [2.05, 4.69) is 5.32 Å². The molecular weight excluding hydrogens is 282 g/mol. The van der Waals surface area contributed by atoms with Gasteiger partial charge in [0.15, 0.2) is 5.79 Å². The van der Waals surface area contributed by atoms with E-state index >= 15 is 0 Å². The lowest BCUT2D eigenvalue weighted by molar-refractivity contribution is -0.273. The molecule has 21 heavy (non-hydrogen) atoms. The van der Waals surface area contributed by atoms with E-state index in [9.17, 15) is 19.8 Å². The Hall–Kier alpha value is -1.22. The van der Waals surface area contributed by atoms with Crippen molar-refractivity contribution in [1.82, 2.24) is 5.32 Å². The Morgan fingerprint density at radius 1 is 1.29 bits per heavy atom. The molecule has 0 fully saturated rings. The average molecular weight is 307 g/mol. The number of rotatable bonds is 11. The number of aliphatic hydroxyl groups excluding tert-OH is 2. The molecule has 0 aliphatic heterocycles. The molecule has 124 valence electrons. The number of methoxy groups -OCH3 is 1. The van der Waals surface area contributed by atoms with Crippen molar-refractivity contribution in [3.05, 3.63) is 0 Å². The topological polar surface area (TPSA) is 114 Å². The summed E-state index contributed by atoms with van der Waals surface area (Å²) in [6, 6.07) is 0. The molecule has 2 atom stereocenters. The van der Waals surface area contributed by atoms with Crippen LogP contribution in [0.15, 0.2) is 0 Å². The second-order valence-corrected chi connectivity index (χ2v) is 4.41. The predicted molar refractivity (Wildman–Crippen MR) is 73.3 cm³/mol.